The number of allylic oxidation sites excluding steroid dienone is 2. The molecular formula is C28H30N6O2. The number of nitrogens with zero attached hydrogens (tertiary/aromatic N) is 4. The van der Waals surface area contributed by atoms with E-state index in [4.69, 9.17) is 11.5 Å². The van der Waals surface area contributed by atoms with Crippen molar-refractivity contribution in [3.63, 3.8) is 0 Å². The Morgan fingerprint density at radius 2 is 1.89 bits per heavy atom. The predicted molar refractivity (Wildman–Crippen MR) is 141 cm³/mol. The molecule has 0 aliphatic carbocycles. The van der Waals surface area contributed by atoms with Crippen LogP contribution in [0.1, 0.15) is 27.9 Å². The van der Waals surface area contributed by atoms with E-state index >= 15 is 0 Å². The zero-order chi connectivity index (χ0) is 25.4. The molecule has 3 heterocycles. The van der Waals surface area contributed by atoms with Crippen molar-refractivity contribution >= 4 is 23.1 Å². The zero-order valence-corrected chi connectivity index (χ0v) is 20.5. The largest absolute Gasteiger partial charge is 0.398 e. The minimum atomic E-state index is -0.443. The first-order valence-corrected chi connectivity index (χ1v) is 12.0. The molecule has 1 unspecified atom stereocenters. The van der Waals surface area contributed by atoms with E-state index in [1.165, 1.54) is 0 Å². The number of amides is 2. The molecule has 8 nitrogen and oxygen atoms in total. The lowest BCUT2D eigenvalue weighted by Crippen LogP contribution is -2.39. The average Bonchev–Trinajstić information content (AvgIpc) is 3.55. The SMILES string of the molecule is Cc1cc(C(=O)N2CCC(N3C=C(c4cnn(C)c4)C=C(C(N)=O)C3)C2)c(N)c(-c2ccccc2)c1. The highest BCUT2D eigenvalue weighted by Crippen LogP contribution is 2.32. The maximum atomic E-state index is 13.6. The van der Waals surface area contributed by atoms with Crippen LogP contribution in [0.2, 0.25) is 0 Å². The van der Waals surface area contributed by atoms with Crippen LogP contribution in [0.15, 0.2) is 72.7 Å². The van der Waals surface area contributed by atoms with Gasteiger partial charge >= 0.3 is 0 Å². The van der Waals surface area contributed by atoms with E-state index in [-0.39, 0.29) is 11.9 Å². The Bertz CT molecular complexity index is 1390. The number of carbonyl (C=O) groups excluding carboxylic acids is 2. The molecule has 1 aromatic heterocycles. The van der Waals surface area contributed by atoms with Crippen molar-refractivity contribution in [3.05, 3.63) is 89.4 Å². The lowest BCUT2D eigenvalue weighted by molar-refractivity contribution is -0.114. The summed E-state index contributed by atoms with van der Waals surface area (Å²) in [7, 11) is 1.85. The summed E-state index contributed by atoms with van der Waals surface area (Å²) in [5.41, 5.74) is 18.4. The fourth-order valence-corrected chi connectivity index (χ4v) is 5.00. The second-order valence-corrected chi connectivity index (χ2v) is 9.53. The van der Waals surface area contributed by atoms with Gasteiger partial charge in [-0.3, -0.25) is 14.3 Å². The van der Waals surface area contributed by atoms with E-state index < -0.39 is 5.91 Å². The fourth-order valence-electron chi connectivity index (χ4n) is 5.00. The van der Waals surface area contributed by atoms with Crippen LogP contribution < -0.4 is 11.5 Å². The van der Waals surface area contributed by atoms with E-state index in [9.17, 15) is 9.59 Å². The number of rotatable bonds is 5. The van der Waals surface area contributed by atoms with Crippen molar-refractivity contribution in [3.8, 4) is 11.1 Å². The highest BCUT2D eigenvalue weighted by molar-refractivity contribution is 6.03. The quantitative estimate of drug-likeness (QED) is 0.543. The lowest BCUT2D eigenvalue weighted by Gasteiger charge is -2.31. The number of nitrogen functional groups attached to an aromatic ring is 1. The number of likely N-dealkylation sites (tertiary alicyclic amines) is 1. The number of anilines is 1. The number of nitrogens with two attached hydrogens (primary N) is 2. The number of hydrogen-bond acceptors (Lipinski definition) is 5. The third-order valence-electron chi connectivity index (χ3n) is 6.90. The maximum absolute atomic E-state index is 13.6. The number of benzene rings is 2. The van der Waals surface area contributed by atoms with Gasteiger partial charge in [0.15, 0.2) is 0 Å². The van der Waals surface area contributed by atoms with Crippen molar-refractivity contribution in [2.45, 2.75) is 19.4 Å². The molecule has 0 radical (unpaired) electrons. The molecule has 2 aromatic carbocycles. The molecule has 1 fully saturated rings. The number of aromatic nitrogens is 2. The van der Waals surface area contributed by atoms with Crippen LogP contribution in [0.3, 0.4) is 0 Å². The second-order valence-electron chi connectivity index (χ2n) is 9.53. The van der Waals surface area contributed by atoms with Gasteiger partial charge in [0.2, 0.25) is 5.91 Å². The Morgan fingerprint density at radius 1 is 1.11 bits per heavy atom. The molecule has 0 bridgehead atoms. The fraction of sp³-hybridized carbons (Fsp3) is 0.250. The molecule has 1 saturated heterocycles. The Morgan fingerprint density at radius 3 is 2.58 bits per heavy atom. The summed E-state index contributed by atoms with van der Waals surface area (Å²) in [6.45, 7) is 3.54. The number of carbonyl (C=O) groups is 2. The van der Waals surface area contributed by atoms with Gasteiger partial charge in [-0.1, -0.05) is 30.3 Å². The van der Waals surface area contributed by atoms with Crippen LogP contribution >= 0.6 is 0 Å². The van der Waals surface area contributed by atoms with Crippen molar-refractivity contribution in [2.75, 3.05) is 25.4 Å². The molecule has 0 spiro atoms. The zero-order valence-electron chi connectivity index (χ0n) is 20.5. The smallest absolute Gasteiger partial charge is 0.256 e. The second kappa shape index (κ2) is 9.37. The molecule has 2 aliphatic heterocycles. The van der Waals surface area contributed by atoms with Gasteiger partial charge in [-0.2, -0.15) is 5.10 Å². The standard InChI is InChI=1S/C28H30N6O2/c1-18-10-24(19-6-4-3-5-7-19)26(29)25(11-18)28(36)33-9-8-23(17-33)34-15-20(12-21(16-34)27(30)35)22-13-31-32(2)14-22/h3-7,10-15,23H,8-9,16-17,29H2,1-2H3,(H2,30,35). The predicted octanol–water partition coefficient (Wildman–Crippen LogP) is 2.96. The molecule has 0 saturated carbocycles. The van der Waals surface area contributed by atoms with E-state index in [0.717, 1.165) is 34.2 Å². The number of primary amides is 1. The van der Waals surface area contributed by atoms with Crippen LogP contribution in [0.5, 0.6) is 0 Å². The van der Waals surface area contributed by atoms with Gasteiger partial charge in [-0.05, 0) is 42.7 Å². The minimum absolute atomic E-state index is 0.0586. The van der Waals surface area contributed by atoms with Gasteiger partial charge in [0.1, 0.15) is 0 Å². The van der Waals surface area contributed by atoms with Crippen molar-refractivity contribution < 1.29 is 9.59 Å². The van der Waals surface area contributed by atoms with Gasteiger partial charge in [0, 0.05) is 67.4 Å². The normalized spacial score (nSPS) is 17.7. The van der Waals surface area contributed by atoms with E-state index in [0.29, 0.717) is 36.5 Å². The average molecular weight is 483 g/mol. The molecular weight excluding hydrogens is 452 g/mol. The summed E-state index contributed by atoms with van der Waals surface area (Å²) < 4.78 is 1.72. The number of aryl methyl sites for hydroxylation is 2. The van der Waals surface area contributed by atoms with Crippen molar-refractivity contribution in [1.82, 2.24) is 19.6 Å². The molecule has 2 aliphatic rings. The summed E-state index contributed by atoms with van der Waals surface area (Å²) in [5.74, 6) is -0.517. The van der Waals surface area contributed by atoms with Crippen LogP contribution in [-0.2, 0) is 11.8 Å². The van der Waals surface area contributed by atoms with E-state index in [1.54, 1.807) is 10.9 Å². The third-order valence-corrected chi connectivity index (χ3v) is 6.90. The molecule has 1 atom stereocenters. The monoisotopic (exact) mass is 482 g/mol. The highest BCUT2D eigenvalue weighted by Gasteiger charge is 2.33. The Hall–Kier alpha value is -4.33. The molecule has 3 aromatic rings. The molecule has 2 amide bonds. The summed E-state index contributed by atoms with van der Waals surface area (Å²) in [6.07, 6.45) is 8.31. The Labute approximate surface area is 210 Å². The van der Waals surface area contributed by atoms with Gasteiger partial charge in [-0.25, -0.2) is 0 Å². The minimum Gasteiger partial charge on any atom is -0.398 e. The molecule has 36 heavy (non-hydrogen) atoms. The molecule has 184 valence electrons. The topological polar surface area (TPSA) is 110 Å². The van der Waals surface area contributed by atoms with Crippen LogP contribution in [0, 0.1) is 6.92 Å². The summed E-state index contributed by atoms with van der Waals surface area (Å²) in [6, 6.07) is 13.8. The lowest BCUT2D eigenvalue weighted by atomic mass is 9.97. The first-order valence-electron chi connectivity index (χ1n) is 12.0. The van der Waals surface area contributed by atoms with Crippen LogP contribution in [-0.4, -0.2) is 57.1 Å². The van der Waals surface area contributed by atoms with Gasteiger partial charge < -0.3 is 21.3 Å². The highest BCUT2D eigenvalue weighted by atomic mass is 16.2. The Kier molecular flexibility index (Phi) is 6.10. The third kappa shape index (κ3) is 4.49. The summed E-state index contributed by atoms with van der Waals surface area (Å²) in [4.78, 5) is 29.6. The van der Waals surface area contributed by atoms with Crippen LogP contribution in [0.25, 0.3) is 16.7 Å². The number of hydrogen-bond donors (Lipinski definition) is 2. The Balaban J connectivity index is 1.39. The molecule has 4 N–H and O–H groups in total. The van der Waals surface area contributed by atoms with Crippen molar-refractivity contribution in [2.24, 2.45) is 12.8 Å². The summed E-state index contributed by atoms with van der Waals surface area (Å²) >= 11 is 0. The maximum Gasteiger partial charge on any atom is 0.256 e. The molecule has 5 rings (SSSR count). The molecule has 8 heteroatoms. The first kappa shape index (κ1) is 23.4. The van der Waals surface area contributed by atoms with Gasteiger partial charge in [0.25, 0.3) is 5.91 Å². The van der Waals surface area contributed by atoms with Gasteiger partial charge in [-0.15, -0.1) is 0 Å². The van der Waals surface area contributed by atoms with E-state index in [1.807, 2.05) is 79.8 Å². The van der Waals surface area contributed by atoms with Crippen molar-refractivity contribution in [1.29, 1.82) is 0 Å². The van der Waals surface area contributed by atoms with Crippen LogP contribution in [0.4, 0.5) is 5.69 Å². The summed E-state index contributed by atoms with van der Waals surface area (Å²) in [5, 5.41) is 4.24. The first-order chi connectivity index (χ1) is 17.3. The van der Waals surface area contributed by atoms with Gasteiger partial charge in [0.05, 0.1) is 17.4 Å². The van der Waals surface area contributed by atoms with E-state index in [2.05, 4.69) is 10.00 Å².